The standard InChI is InChI=1S/C23H23NO4.Na/c1-4-6-15-13-20-18(19(7-5-2)22(15)26)10-11-21(25)24(20)16-8-9-17(23(27)28)14(3)12-16;/h4-5,8-9,12-13,26H,1-2,6-7,10-11H2,3H3,(H,27,28);/q;+1/p-1. The van der Waals surface area contributed by atoms with Crippen LogP contribution in [0.1, 0.15) is 39.0 Å². The number of aromatic hydroxyl groups is 1. The Morgan fingerprint density at radius 1 is 1.21 bits per heavy atom. The van der Waals surface area contributed by atoms with Gasteiger partial charge >= 0.3 is 29.6 Å². The second kappa shape index (κ2) is 9.44. The van der Waals surface area contributed by atoms with Gasteiger partial charge in [0.25, 0.3) is 0 Å². The summed E-state index contributed by atoms with van der Waals surface area (Å²) in [6, 6.07) is 6.55. The molecule has 1 N–H and O–H groups in total. The third-order valence-corrected chi connectivity index (χ3v) is 5.05. The van der Waals surface area contributed by atoms with Crippen molar-refractivity contribution in [1.82, 2.24) is 0 Å². The van der Waals surface area contributed by atoms with Crippen molar-refractivity contribution in [2.75, 3.05) is 4.90 Å². The first kappa shape index (κ1) is 22.9. The van der Waals surface area contributed by atoms with Crippen molar-refractivity contribution in [1.29, 1.82) is 0 Å². The number of anilines is 2. The number of allylic oxidation sites excluding steroid dienone is 2. The Kier molecular flexibility index (Phi) is 7.47. The van der Waals surface area contributed by atoms with Gasteiger partial charge in [-0.1, -0.05) is 18.2 Å². The predicted octanol–water partition coefficient (Wildman–Crippen LogP) is 0.136. The molecule has 6 heteroatoms. The zero-order valence-electron chi connectivity index (χ0n) is 16.8. The van der Waals surface area contributed by atoms with E-state index in [1.54, 1.807) is 36.1 Å². The first-order chi connectivity index (χ1) is 13.4. The maximum absolute atomic E-state index is 12.8. The summed E-state index contributed by atoms with van der Waals surface area (Å²) in [6.07, 6.45) is 5.22. The van der Waals surface area contributed by atoms with Crippen LogP contribution >= 0.6 is 0 Å². The van der Waals surface area contributed by atoms with Gasteiger partial charge in [0.05, 0.1) is 11.7 Å². The number of carboxylic acids is 1. The Morgan fingerprint density at radius 2 is 1.90 bits per heavy atom. The summed E-state index contributed by atoms with van der Waals surface area (Å²) in [5.41, 5.74) is 4.29. The number of carbonyl (C=O) groups is 2. The fourth-order valence-electron chi connectivity index (χ4n) is 3.74. The molecule has 0 aromatic heterocycles. The first-order valence-electron chi connectivity index (χ1n) is 9.12. The minimum Gasteiger partial charge on any atom is -0.545 e. The molecule has 0 atom stereocenters. The fraction of sp³-hybridized carbons (Fsp3) is 0.217. The number of rotatable bonds is 6. The molecule has 1 aliphatic rings. The average molecular weight is 399 g/mol. The van der Waals surface area contributed by atoms with Gasteiger partial charge in [0.15, 0.2) is 0 Å². The van der Waals surface area contributed by atoms with Crippen molar-refractivity contribution >= 4 is 23.3 Å². The topological polar surface area (TPSA) is 80.7 Å². The largest absolute Gasteiger partial charge is 1.00 e. The number of carboxylic acid groups (broad SMARTS) is 1. The van der Waals surface area contributed by atoms with E-state index < -0.39 is 5.97 Å². The Morgan fingerprint density at radius 3 is 2.48 bits per heavy atom. The molecular weight excluding hydrogens is 377 g/mol. The second-order valence-electron chi connectivity index (χ2n) is 6.86. The molecule has 29 heavy (non-hydrogen) atoms. The summed E-state index contributed by atoms with van der Waals surface area (Å²) in [7, 11) is 0. The number of aryl methyl sites for hydroxylation is 1. The normalized spacial score (nSPS) is 12.7. The molecule has 144 valence electrons. The molecule has 0 fully saturated rings. The van der Waals surface area contributed by atoms with E-state index in [-0.39, 0.29) is 46.8 Å². The fourth-order valence-corrected chi connectivity index (χ4v) is 3.74. The smallest absolute Gasteiger partial charge is 0.545 e. The molecular formula is C23H22NNaO4. The van der Waals surface area contributed by atoms with Crippen LogP contribution in [0.5, 0.6) is 5.75 Å². The number of aromatic carboxylic acids is 1. The molecule has 0 saturated heterocycles. The molecule has 0 spiro atoms. The number of hydrogen-bond donors (Lipinski definition) is 1. The number of nitrogens with zero attached hydrogens (tertiary/aromatic N) is 1. The van der Waals surface area contributed by atoms with Crippen LogP contribution in [0.3, 0.4) is 0 Å². The van der Waals surface area contributed by atoms with Gasteiger partial charge in [-0.15, -0.1) is 13.2 Å². The van der Waals surface area contributed by atoms with Crippen LogP contribution in [0.15, 0.2) is 49.6 Å². The van der Waals surface area contributed by atoms with Gasteiger partial charge in [-0.2, -0.15) is 0 Å². The Hall–Kier alpha value is -2.34. The van der Waals surface area contributed by atoms with Crippen molar-refractivity contribution < 1.29 is 49.4 Å². The van der Waals surface area contributed by atoms with Gasteiger partial charge in [0.1, 0.15) is 5.75 Å². The van der Waals surface area contributed by atoms with Crippen molar-refractivity contribution in [2.24, 2.45) is 0 Å². The zero-order chi connectivity index (χ0) is 20.4. The van der Waals surface area contributed by atoms with Crippen molar-refractivity contribution in [3.8, 4) is 5.75 Å². The molecule has 2 aromatic rings. The summed E-state index contributed by atoms with van der Waals surface area (Å²) >= 11 is 0. The third kappa shape index (κ3) is 4.32. The second-order valence-corrected chi connectivity index (χ2v) is 6.86. The molecule has 3 rings (SSSR count). The summed E-state index contributed by atoms with van der Waals surface area (Å²) < 4.78 is 0. The summed E-state index contributed by atoms with van der Waals surface area (Å²) in [4.78, 5) is 25.6. The Labute approximate surface area is 192 Å². The van der Waals surface area contributed by atoms with Gasteiger partial charge in [-0.3, -0.25) is 9.69 Å². The molecule has 1 heterocycles. The van der Waals surface area contributed by atoms with Crippen LogP contribution in [0.2, 0.25) is 0 Å². The average Bonchev–Trinajstić information content (AvgIpc) is 2.65. The van der Waals surface area contributed by atoms with Crippen LogP contribution in [0.4, 0.5) is 11.4 Å². The molecule has 2 aromatic carbocycles. The van der Waals surface area contributed by atoms with E-state index in [0.29, 0.717) is 48.2 Å². The van der Waals surface area contributed by atoms with Crippen LogP contribution in [0, 0.1) is 6.92 Å². The number of hydrogen-bond acceptors (Lipinski definition) is 4. The maximum Gasteiger partial charge on any atom is 1.00 e. The summed E-state index contributed by atoms with van der Waals surface area (Å²) in [5.74, 6) is -1.11. The molecule has 1 amide bonds. The first-order valence-corrected chi connectivity index (χ1v) is 9.12. The van der Waals surface area contributed by atoms with Gasteiger partial charge < -0.3 is 15.0 Å². The minimum absolute atomic E-state index is 0. The molecule has 0 unspecified atom stereocenters. The number of phenolic OH excluding ortho intramolecular Hbond substituents is 1. The van der Waals surface area contributed by atoms with E-state index in [2.05, 4.69) is 13.2 Å². The van der Waals surface area contributed by atoms with Gasteiger partial charge in [-0.05, 0) is 55.5 Å². The number of carbonyl (C=O) groups excluding carboxylic acids is 2. The van der Waals surface area contributed by atoms with Crippen LogP contribution in [-0.4, -0.2) is 17.0 Å². The van der Waals surface area contributed by atoms with Crippen molar-refractivity contribution in [2.45, 2.75) is 32.6 Å². The van der Waals surface area contributed by atoms with E-state index in [1.165, 1.54) is 6.07 Å². The quantitative estimate of drug-likeness (QED) is 0.553. The Balaban J connectivity index is 0.00000300. The minimum atomic E-state index is -1.25. The SMILES string of the molecule is C=CCc1cc2c(c(CC=C)c1O)CCC(=O)N2c1ccc(C(=O)[O-])c(C)c1.[Na+]. The van der Waals surface area contributed by atoms with Crippen LogP contribution in [-0.2, 0) is 24.1 Å². The van der Waals surface area contributed by atoms with Crippen LogP contribution < -0.4 is 39.6 Å². The van der Waals surface area contributed by atoms with E-state index >= 15 is 0 Å². The monoisotopic (exact) mass is 399 g/mol. The molecule has 0 bridgehead atoms. The van der Waals surface area contributed by atoms with Crippen molar-refractivity contribution in [3.05, 3.63) is 77.4 Å². The molecule has 0 saturated carbocycles. The number of benzene rings is 2. The van der Waals surface area contributed by atoms with Gasteiger partial charge in [0.2, 0.25) is 5.91 Å². The van der Waals surface area contributed by atoms with Crippen molar-refractivity contribution in [3.63, 3.8) is 0 Å². The van der Waals surface area contributed by atoms with E-state index in [1.807, 2.05) is 6.07 Å². The molecule has 1 aliphatic heterocycles. The predicted molar refractivity (Wildman–Crippen MR) is 107 cm³/mol. The molecule has 0 radical (unpaired) electrons. The summed E-state index contributed by atoms with van der Waals surface area (Å²) in [5, 5.41) is 21.9. The Bertz CT molecular complexity index is 997. The van der Waals surface area contributed by atoms with E-state index in [0.717, 1.165) is 11.1 Å². The molecule has 5 nitrogen and oxygen atoms in total. The van der Waals surface area contributed by atoms with Gasteiger partial charge in [-0.25, -0.2) is 0 Å². The summed E-state index contributed by atoms with van der Waals surface area (Å²) in [6.45, 7) is 9.19. The van der Waals surface area contributed by atoms with E-state index in [4.69, 9.17) is 0 Å². The number of fused-ring (bicyclic) bond motifs is 1. The van der Waals surface area contributed by atoms with Gasteiger partial charge in [0, 0.05) is 28.8 Å². The number of phenols is 1. The zero-order valence-corrected chi connectivity index (χ0v) is 18.8. The maximum atomic E-state index is 12.8. The number of amides is 1. The van der Waals surface area contributed by atoms with Crippen LogP contribution in [0.25, 0.3) is 0 Å². The van der Waals surface area contributed by atoms with E-state index in [9.17, 15) is 19.8 Å². The third-order valence-electron chi connectivity index (χ3n) is 5.05. The molecule has 0 aliphatic carbocycles.